The van der Waals surface area contributed by atoms with E-state index >= 15 is 0 Å². The molecule has 1 unspecified atom stereocenters. The summed E-state index contributed by atoms with van der Waals surface area (Å²) < 4.78 is 47.6. The van der Waals surface area contributed by atoms with Crippen LogP contribution in [0.4, 0.5) is 10.1 Å². The van der Waals surface area contributed by atoms with E-state index in [0.29, 0.717) is 35.3 Å². The molecule has 1 saturated heterocycles. The monoisotopic (exact) mass is 492 g/mol. The van der Waals surface area contributed by atoms with E-state index in [2.05, 4.69) is 14.4 Å². The number of benzene rings is 1. The molecule has 0 aliphatic carbocycles. The fraction of sp³-hybridized carbons (Fsp3) is 0.583. The Balaban J connectivity index is 2.01. The number of hydrogen-bond acceptors (Lipinski definition) is 5. The van der Waals surface area contributed by atoms with Crippen LogP contribution in [-0.2, 0) is 23.7 Å². The number of anilines is 1. The van der Waals surface area contributed by atoms with Crippen molar-refractivity contribution in [3.8, 4) is 0 Å². The Kier molecular flexibility index (Phi) is 8.02. The summed E-state index contributed by atoms with van der Waals surface area (Å²) in [5, 5.41) is 17.2. The Labute approximate surface area is 202 Å². The summed E-state index contributed by atoms with van der Waals surface area (Å²) in [5.74, 6) is -1.19. The first kappa shape index (κ1) is 26.2. The summed E-state index contributed by atoms with van der Waals surface area (Å²) in [6, 6.07) is 2.49. The Morgan fingerprint density at radius 3 is 2.35 bits per heavy atom. The molecule has 10 heteroatoms. The van der Waals surface area contributed by atoms with Gasteiger partial charge in [-0.3, -0.25) is 4.68 Å². The number of halogens is 1. The van der Waals surface area contributed by atoms with E-state index in [1.807, 2.05) is 34.7 Å². The molecule has 8 nitrogen and oxygen atoms in total. The highest BCUT2D eigenvalue weighted by atomic mass is 32.2. The van der Waals surface area contributed by atoms with Crippen molar-refractivity contribution >= 4 is 21.8 Å². The minimum Gasteiger partial charge on any atom is -0.861 e. The Bertz CT molecular complexity index is 1110. The minimum absolute atomic E-state index is 0.0303. The molecule has 1 aliphatic rings. The maximum atomic E-state index is 14.2. The average Bonchev–Trinajstić information content (AvgIpc) is 3.13. The first-order chi connectivity index (χ1) is 15.9. The van der Waals surface area contributed by atoms with E-state index in [0.717, 1.165) is 13.0 Å². The summed E-state index contributed by atoms with van der Waals surface area (Å²) in [5.41, 5.74) is 2.43. The van der Waals surface area contributed by atoms with E-state index in [9.17, 15) is 17.9 Å². The molecular weight excluding hydrogens is 457 g/mol. The third-order valence-corrected chi connectivity index (χ3v) is 7.64. The fourth-order valence-electron chi connectivity index (χ4n) is 4.66. The van der Waals surface area contributed by atoms with Crippen molar-refractivity contribution in [1.29, 1.82) is 0 Å². The van der Waals surface area contributed by atoms with Gasteiger partial charge in [0.25, 0.3) is 0 Å². The SMILES string of the molecule is CC(C)c1cc(F)cc(C(C)C)c1C/C([O-])=N/S(=O)(=O)N(c1cnn(C)c1)C1CCCN(C)C1. The number of likely N-dealkylation sites (tertiary alicyclic amines) is 1. The second kappa shape index (κ2) is 10.4. The van der Waals surface area contributed by atoms with Crippen LogP contribution in [-0.4, -0.2) is 55.2 Å². The second-order valence-corrected chi connectivity index (χ2v) is 11.2. The summed E-state index contributed by atoms with van der Waals surface area (Å²) in [4.78, 5) is 2.07. The normalized spacial score (nSPS) is 18.1. The molecule has 34 heavy (non-hydrogen) atoms. The zero-order chi connectivity index (χ0) is 25.2. The molecule has 0 radical (unpaired) electrons. The van der Waals surface area contributed by atoms with Crippen molar-refractivity contribution in [3.63, 3.8) is 0 Å². The van der Waals surface area contributed by atoms with Crippen LogP contribution >= 0.6 is 0 Å². The standard InChI is InChI=1S/C24H36FN5O3S/c1-16(2)21-10-18(25)11-22(17(3)4)23(21)12-24(31)27-34(32,33)30(20-13-26-29(6)15-20)19-8-7-9-28(5)14-19/h10-11,13,15-17,19H,7-9,12,14H2,1-6H3,(H,27,31)/p-1. The molecule has 1 aromatic heterocycles. The molecule has 2 aromatic rings. The highest BCUT2D eigenvalue weighted by molar-refractivity contribution is 7.91. The molecule has 0 bridgehead atoms. The number of likely N-dealkylation sites (N-methyl/N-ethyl adjacent to an activating group) is 1. The van der Waals surface area contributed by atoms with E-state index in [1.54, 1.807) is 13.2 Å². The smallest absolute Gasteiger partial charge is 0.344 e. The van der Waals surface area contributed by atoms with Gasteiger partial charge in [-0.15, -0.1) is 0 Å². The van der Waals surface area contributed by atoms with Gasteiger partial charge in [0.15, 0.2) is 0 Å². The maximum Gasteiger partial charge on any atom is 0.344 e. The summed E-state index contributed by atoms with van der Waals surface area (Å²) in [6.07, 6.45) is 4.38. The fourth-order valence-corrected chi connectivity index (χ4v) is 5.97. The first-order valence-electron chi connectivity index (χ1n) is 11.7. The lowest BCUT2D eigenvalue weighted by atomic mass is 9.87. The third-order valence-electron chi connectivity index (χ3n) is 6.20. The molecule has 1 atom stereocenters. The Morgan fingerprint density at radius 2 is 1.85 bits per heavy atom. The second-order valence-electron chi connectivity index (χ2n) is 9.74. The summed E-state index contributed by atoms with van der Waals surface area (Å²) >= 11 is 0. The molecular formula is C24H35FN5O3S-. The van der Waals surface area contributed by atoms with Gasteiger partial charge in [-0.05, 0) is 73.0 Å². The van der Waals surface area contributed by atoms with Gasteiger partial charge in [0, 0.05) is 26.2 Å². The zero-order valence-electron chi connectivity index (χ0n) is 20.8. The number of rotatable bonds is 8. The first-order valence-corrected chi connectivity index (χ1v) is 13.1. The Hall–Kier alpha value is -2.46. The highest BCUT2D eigenvalue weighted by Gasteiger charge is 2.33. The lowest BCUT2D eigenvalue weighted by molar-refractivity contribution is -0.217. The lowest BCUT2D eigenvalue weighted by Crippen LogP contribution is -2.49. The van der Waals surface area contributed by atoms with Crippen molar-refractivity contribution in [2.24, 2.45) is 11.4 Å². The van der Waals surface area contributed by atoms with Gasteiger partial charge < -0.3 is 10.0 Å². The van der Waals surface area contributed by atoms with Crippen molar-refractivity contribution in [2.45, 2.75) is 64.8 Å². The molecule has 1 aliphatic heterocycles. The molecule has 0 saturated carbocycles. The quantitative estimate of drug-likeness (QED) is 0.417. The van der Waals surface area contributed by atoms with Crippen LogP contribution in [0.1, 0.15) is 69.1 Å². The van der Waals surface area contributed by atoms with Crippen LogP contribution in [0.3, 0.4) is 0 Å². The van der Waals surface area contributed by atoms with Crippen LogP contribution in [0.5, 0.6) is 0 Å². The van der Waals surface area contributed by atoms with Crippen molar-refractivity contribution in [2.75, 3.05) is 24.4 Å². The molecule has 1 fully saturated rings. The average molecular weight is 493 g/mol. The molecule has 2 heterocycles. The molecule has 0 N–H and O–H groups in total. The summed E-state index contributed by atoms with van der Waals surface area (Å²) in [7, 11) is -0.674. The maximum absolute atomic E-state index is 14.2. The van der Waals surface area contributed by atoms with Gasteiger partial charge in [0.05, 0.1) is 17.9 Å². The number of hydrogen-bond donors (Lipinski definition) is 0. The van der Waals surface area contributed by atoms with Crippen molar-refractivity contribution in [3.05, 3.63) is 47.0 Å². The van der Waals surface area contributed by atoms with Crippen LogP contribution in [0.2, 0.25) is 0 Å². The predicted molar refractivity (Wildman–Crippen MR) is 131 cm³/mol. The molecule has 0 spiro atoms. The number of aryl methyl sites for hydroxylation is 1. The van der Waals surface area contributed by atoms with Crippen molar-refractivity contribution in [1.82, 2.24) is 14.7 Å². The molecule has 3 rings (SSSR count). The summed E-state index contributed by atoms with van der Waals surface area (Å²) in [6.45, 7) is 9.10. The van der Waals surface area contributed by atoms with Crippen LogP contribution in [0, 0.1) is 5.82 Å². The Morgan fingerprint density at radius 1 is 1.24 bits per heavy atom. The third kappa shape index (κ3) is 5.96. The molecule has 188 valence electrons. The van der Waals surface area contributed by atoms with Crippen molar-refractivity contribution < 1.29 is 17.9 Å². The number of nitrogens with zero attached hydrogens (tertiary/aromatic N) is 5. The lowest BCUT2D eigenvalue weighted by Gasteiger charge is -2.36. The largest absolute Gasteiger partial charge is 0.861 e. The molecule has 0 amide bonds. The van der Waals surface area contributed by atoms with Crippen LogP contribution < -0.4 is 9.41 Å². The predicted octanol–water partition coefficient (Wildman–Crippen LogP) is 2.95. The molecule has 1 aromatic carbocycles. The van der Waals surface area contributed by atoms with Gasteiger partial charge in [-0.1, -0.05) is 27.7 Å². The van der Waals surface area contributed by atoms with Crippen LogP contribution in [0.15, 0.2) is 28.9 Å². The van der Waals surface area contributed by atoms with Crippen LogP contribution in [0.25, 0.3) is 0 Å². The number of aromatic nitrogens is 2. The van der Waals surface area contributed by atoms with E-state index in [4.69, 9.17) is 0 Å². The van der Waals surface area contributed by atoms with E-state index in [1.165, 1.54) is 27.3 Å². The van der Waals surface area contributed by atoms with Gasteiger partial charge in [-0.2, -0.15) is 17.9 Å². The van der Waals surface area contributed by atoms with Gasteiger partial charge >= 0.3 is 10.2 Å². The van der Waals surface area contributed by atoms with Gasteiger partial charge in [0.1, 0.15) is 5.82 Å². The minimum atomic E-state index is -4.32. The zero-order valence-corrected chi connectivity index (χ0v) is 21.6. The van der Waals surface area contributed by atoms with Gasteiger partial charge in [0.2, 0.25) is 0 Å². The highest BCUT2D eigenvalue weighted by Crippen LogP contribution is 2.30. The van der Waals surface area contributed by atoms with E-state index in [-0.39, 0.29) is 30.1 Å². The van der Waals surface area contributed by atoms with Gasteiger partial charge in [-0.25, -0.2) is 8.70 Å². The van der Waals surface area contributed by atoms with E-state index < -0.39 is 16.1 Å². The topological polar surface area (TPSA) is 93.9 Å². The number of piperidine rings is 1.